The Hall–Kier alpha value is -1.43. The van der Waals surface area contributed by atoms with Crippen molar-refractivity contribution < 1.29 is 0 Å². The SMILES string of the molecule is CN(Cc1nccn1C)c1cc(Br)nc(C2CC2)n1. The number of rotatable bonds is 4. The molecule has 2 aromatic heterocycles. The highest BCUT2D eigenvalue weighted by Gasteiger charge is 2.27. The lowest BCUT2D eigenvalue weighted by atomic mass is 10.4. The molecule has 100 valence electrons. The summed E-state index contributed by atoms with van der Waals surface area (Å²) in [4.78, 5) is 15.5. The number of hydrogen-bond donors (Lipinski definition) is 0. The van der Waals surface area contributed by atoms with Gasteiger partial charge in [-0.3, -0.25) is 0 Å². The molecule has 0 saturated heterocycles. The van der Waals surface area contributed by atoms with Crippen LogP contribution in [-0.4, -0.2) is 26.6 Å². The molecule has 0 radical (unpaired) electrons. The van der Waals surface area contributed by atoms with Crippen molar-refractivity contribution in [3.05, 3.63) is 34.7 Å². The van der Waals surface area contributed by atoms with Crippen LogP contribution in [0.2, 0.25) is 0 Å². The van der Waals surface area contributed by atoms with Gasteiger partial charge in [-0.1, -0.05) is 0 Å². The van der Waals surface area contributed by atoms with Crippen molar-refractivity contribution in [3.63, 3.8) is 0 Å². The molecule has 3 rings (SSSR count). The minimum absolute atomic E-state index is 0.554. The topological polar surface area (TPSA) is 46.8 Å². The summed E-state index contributed by atoms with van der Waals surface area (Å²) in [6.45, 7) is 0.733. The van der Waals surface area contributed by atoms with E-state index in [0.29, 0.717) is 5.92 Å². The molecule has 19 heavy (non-hydrogen) atoms. The molecule has 0 unspecified atom stereocenters. The van der Waals surface area contributed by atoms with E-state index in [1.807, 2.05) is 37.1 Å². The van der Waals surface area contributed by atoms with Gasteiger partial charge in [0.25, 0.3) is 0 Å². The van der Waals surface area contributed by atoms with E-state index in [-0.39, 0.29) is 0 Å². The monoisotopic (exact) mass is 321 g/mol. The molecule has 2 heterocycles. The van der Waals surface area contributed by atoms with E-state index < -0.39 is 0 Å². The van der Waals surface area contributed by atoms with E-state index in [1.54, 1.807) is 0 Å². The molecule has 1 saturated carbocycles. The van der Waals surface area contributed by atoms with Crippen LogP contribution >= 0.6 is 15.9 Å². The fourth-order valence-electron chi connectivity index (χ4n) is 1.98. The molecular formula is C13H16BrN5. The van der Waals surface area contributed by atoms with Gasteiger partial charge in [0.2, 0.25) is 0 Å². The third-order valence-electron chi connectivity index (χ3n) is 3.33. The Labute approximate surface area is 120 Å². The van der Waals surface area contributed by atoms with Crippen molar-refractivity contribution in [3.8, 4) is 0 Å². The highest BCUT2D eigenvalue weighted by Crippen LogP contribution is 2.39. The third-order valence-corrected chi connectivity index (χ3v) is 3.74. The van der Waals surface area contributed by atoms with Crippen molar-refractivity contribution in [2.24, 2.45) is 7.05 Å². The van der Waals surface area contributed by atoms with Crippen LogP contribution in [0.4, 0.5) is 5.82 Å². The Bertz CT molecular complexity index is 590. The van der Waals surface area contributed by atoms with Gasteiger partial charge in [-0.2, -0.15) is 0 Å². The molecule has 1 aliphatic carbocycles. The fourth-order valence-corrected chi connectivity index (χ4v) is 2.37. The molecule has 0 aromatic carbocycles. The molecule has 0 N–H and O–H groups in total. The van der Waals surface area contributed by atoms with E-state index in [2.05, 4.69) is 35.8 Å². The zero-order valence-electron chi connectivity index (χ0n) is 11.0. The molecule has 0 atom stereocenters. The van der Waals surface area contributed by atoms with Crippen LogP contribution in [0.15, 0.2) is 23.1 Å². The summed E-state index contributed by atoms with van der Waals surface area (Å²) in [6.07, 6.45) is 6.18. The summed E-state index contributed by atoms with van der Waals surface area (Å²) in [5, 5.41) is 0. The molecule has 1 aliphatic rings. The Morgan fingerprint density at radius 2 is 2.21 bits per heavy atom. The third kappa shape index (κ3) is 2.78. The Morgan fingerprint density at radius 3 is 2.84 bits per heavy atom. The molecule has 0 amide bonds. The maximum Gasteiger partial charge on any atom is 0.135 e. The lowest BCUT2D eigenvalue weighted by molar-refractivity contribution is 0.749. The maximum atomic E-state index is 4.65. The number of nitrogens with zero attached hydrogens (tertiary/aromatic N) is 5. The van der Waals surface area contributed by atoms with Gasteiger partial charge in [0, 0.05) is 38.5 Å². The first-order valence-electron chi connectivity index (χ1n) is 6.35. The van der Waals surface area contributed by atoms with Gasteiger partial charge >= 0.3 is 0 Å². The zero-order chi connectivity index (χ0) is 13.4. The quantitative estimate of drug-likeness (QED) is 0.812. The van der Waals surface area contributed by atoms with Gasteiger partial charge in [0.15, 0.2) is 0 Å². The van der Waals surface area contributed by atoms with Gasteiger partial charge in [-0.15, -0.1) is 0 Å². The van der Waals surface area contributed by atoms with E-state index in [4.69, 9.17) is 0 Å². The maximum absolute atomic E-state index is 4.65. The summed E-state index contributed by atoms with van der Waals surface area (Å²) < 4.78 is 2.88. The number of imidazole rings is 1. The van der Waals surface area contributed by atoms with Gasteiger partial charge in [-0.05, 0) is 28.8 Å². The Balaban J connectivity index is 1.82. The van der Waals surface area contributed by atoms with Gasteiger partial charge in [0.05, 0.1) is 6.54 Å². The summed E-state index contributed by atoms with van der Waals surface area (Å²) in [6, 6.07) is 1.95. The average Bonchev–Trinajstić information content (AvgIpc) is 3.15. The van der Waals surface area contributed by atoms with Crippen LogP contribution in [0.5, 0.6) is 0 Å². The fraction of sp³-hybridized carbons (Fsp3) is 0.462. The van der Waals surface area contributed by atoms with Crippen LogP contribution < -0.4 is 4.90 Å². The van der Waals surface area contributed by atoms with E-state index >= 15 is 0 Å². The second-order valence-electron chi connectivity index (χ2n) is 4.99. The molecular weight excluding hydrogens is 306 g/mol. The van der Waals surface area contributed by atoms with E-state index in [9.17, 15) is 0 Å². The number of aryl methyl sites for hydroxylation is 1. The smallest absolute Gasteiger partial charge is 0.135 e. The summed E-state index contributed by atoms with van der Waals surface area (Å²) in [5.41, 5.74) is 0. The molecule has 1 fully saturated rings. The molecule has 0 aliphatic heterocycles. The van der Waals surface area contributed by atoms with Gasteiger partial charge in [-0.25, -0.2) is 15.0 Å². The zero-order valence-corrected chi connectivity index (χ0v) is 12.6. The van der Waals surface area contributed by atoms with Crippen molar-refractivity contribution in [2.45, 2.75) is 25.3 Å². The summed E-state index contributed by atoms with van der Waals surface area (Å²) in [5.74, 6) is 3.46. The first kappa shape index (κ1) is 12.6. The van der Waals surface area contributed by atoms with E-state index in [0.717, 1.165) is 28.6 Å². The highest BCUT2D eigenvalue weighted by atomic mass is 79.9. The van der Waals surface area contributed by atoms with E-state index in [1.165, 1.54) is 12.8 Å². The standard InChI is InChI=1S/C13H16BrN5/c1-18-6-5-15-12(18)8-19(2)11-7-10(14)16-13(17-11)9-3-4-9/h5-7,9H,3-4,8H2,1-2H3. The molecule has 2 aromatic rings. The Kier molecular flexibility index (Phi) is 3.26. The highest BCUT2D eigenvalue weighted by molar-refractivity contribution is 9.10. The normalized spacial score (nSPS) is 14.7. The van der Waals surface area contributed by atoms with Crippen LogP contribution in [0.1, 0.15) is 30.4 Å². The molecule has 0 spiro atoms. The largest absolute Gasteiger partial charge is 0.352 e. The van der Waals surface area contributed by atoms with Crippen LogP contribution in [0.3, 0.4) is 0 Å². The second-order valence-corrected chi connectivity index (χ2v) is 5.80. The Morgan fingerprint density at radius 1 is 1.42 bits per heavy atom. The summed E-state index contributed by atoms with van der Waals surface area (Å²) in [7, 11) is 4.03. The first-order valence-corrected chi connectivity index (χ1v) is 7.14. The second kappa shape index (κ2) is 4.92. The minimum Gasteiger partial charge on any atom is -0.352 e. The predicted molar refractivity (Wildman–Crippen MR) is 77.0 cm³/mol. The first-order chi connectivity index (χ1) is 9.13. The molecule has 5 nitrogen and oxygen atoms in total. The number of anilines is 1. The van der Waals surface area contributed by atoms with Crippen LogP contribution in [-0.2, 0) is 13.6 Å². The molecule has 0 bridgehead atoms. The number of aromatic nitrogens is 4. The van der Waals surface area contributed by atoms with Crippen molar-refractivity contribution in [2.75, 3.05) is 11.9 Å². The number of halogens is 1. The van der Waals surface area contributed by atoms with Crippen LogP contribution in [0, 0.1) is 0 Å². The summed E-state index contributed by atoms with van der Waals surface area (Å²) >= 11 is 3.47. The van der Waals surface area contributed by atoms with Crippen molar-refractivity contribution in [1.82, 2.24) is 19.5 Å². The minimum atomic E-state index is 0.554. The molecule has 6 heteroatoms. The van der Waals surface area contributed by atoms with Crippen molar-refractivity contribution in [1.29, 1.82) is 0 Å². The van der Waals surface area contributed by atoms with Crippen LogP contribution in [0.25, 0.3) is 0 Å². The van der Waals surface area contributed by atoms with Crippen molar-refractivity contribution >= 4 is 21.7 Å². The lowest BCUT2D eigenvalue weighted by Crippen LogP contribution is -2.20. The average molecular weight is 322 g/mol. The predicted octanol–water partition coefficient (Wildman–Crippen LogP) is 2.49. The lowest BCUT2D eigenvalue weighted by Gasteiger charge is -2.18. The van der Waals surface area contributed by atoms with Gasteiger partial charge in [0.1, 0.15) is 22.1 Å². The number of hydrogen-bond acceptors (Lipinski definition) is 4. The van der Waals surface area contributed by atoms with Gasteiger partial charge < -0.3 is 9.47 Å².